The van der Waals surface area contributed by atoms with E-state index >= 15 is 0 Å². The van der Waals surface area contributed by atoms with Crippen molar-refractivity contribution in [3.63, 3.8) is 0 Å². The smallest absolute Gasteiger partial charge is 0.335 e. The van der Waals surface area contributed by atoms with Crippen molar-refractivity contribution in [2.45, 2.75) is 12.5 Å². The van der Waals surface area contributed by atoms with E-state index in [1.54, 1.807) is 24.3 Å². The molecule has 3 rings (SSSR count). The van der Waals surface area contributed by atoms with Gasteiger partial charge >= 0.3 is 5.97 Å². The third-order valence-corrected chi connectivity index (χ3v) is 5.19. The third kappa shape index (κ3) is 3.79. The Labute approximate surface area is 145 Å². The maximum absolute atomic E-state index is 12.8. The summed E-state index contributed by atoms with van der Waals surface area (Å²) >= 11 is 1.86. The normalized spacial score (nSPS) is 17.5. The lowest BCUT2D eigenvalue weighted by Gasteiger charge is -2.36. The van der Waals surface area contributed by atoms with E-state index < -0.39 is 5.97 Å². The molecule has 24 heavy (non-hydrogen) atoms. The first-order valence-electron chi connectivity index (χ1n) is 7.89. The minimum absolute atomic E-state index is 0.0479. The van der Waals surface area contributed by atoms with Crippen LogP contribution >= 0.6 is 11.8 Å². The first-order chi connectivity index (χ1) is 11.6. The van der Waals surface area contributed by atoms with E-state index in [0.29, 0.717) is 0 Å². The van der Waals surface area contributed by atoms with Gasteiger partial charge in [0.1, 0.15) is 0 Å². The fraction of sp³-hybridized carbons (Fsp3) is 0.263. The largest absolute Gasteiger partial charge is 0.478 e. The minimum atomic E-state index is -0.971. The summed E-state index contributed by atoms with van der Waals surface area (Å²) < 4.78 is 0. The second-order valence-electron chi connectivity index (χ2n) is 5.77. The fourth-order valence-electron chi connectivity index (χ4n) is 2.94. The fourth-order valence-corrected chi connectivity index (χ4v) is 4.03. The Morgan fingerprint density at radius 2 is 1.92 bits per heavy atom. The highest BCUT2D eigenvalue weighted by Crippen LogP contribution is 2.30. The molecule has 1 amide bonds. The van der Waals surface area contributed by atoms with Crippen LogP contribution in [0.25, 0.3) is 0 Å². The number of carbonyl (C=O) groups is 2. The first-order valence-corrected chi connectivity index (χ1v) is 9.05. The lowest BCUT2D eigenvalue weighted by molar-refractivity contribution is -0.132. The maximum Gasteiger partial charge on any atom is 0.335 e. The molecule has 0 saturated carbocycles. The van der Waals surface area contributed by atoms with E-state index in [1.165, 1.54) is 0 Å². The van der Waals surface area contributed by atoms with Crippen LogP contribution in [-0.4, -0.2) is 39.9 Å². The number of amides is 1. The van der Waals surface area contributed by atoms with Gasteiger partial charge in [0, 0.05) is 18.1 Å². The molecule has 1 N–H and O–H groups in total. The molecule has 1 saturated heterocycles. The number of nitrogens with zero attached hydrogens (tertiary/aromatic N) is 1. The van der Waals surface area contributed by atoms with Gasteiger partial charge in [-0.3, -0.25) is 4.79 Å². The predicted octanol–water partition coefficient (Wildman–Crippen LogP) is 3.24. The summed E-state index contributed by atoms with van der Waals surface area (Å²) in [6.07, 6.45) is 0.231. The van der Waals surface area contributed by atoms with Gasteiger partial charge in [-0.25, -0.2) is 4.79 Å². The molecular formula is C19H19NO3S. The van der Waals surface area contributed by atoms with Gasteiger partial charge in [-0.1, -0.05) is 42.5 Å². The molecule has 124 valence electrons. The zero-order chi connectivity index (χ0) is 16.9. The number of benzene rings is 2. The molecule has 1 fully saturated rings. The Bertz CT molecular complexity index is 732. The van der Waals surface area contributed by atoms with Gasteiger partial charge in [-0.05, 0) is 23.3 Å². The molecule has 0 bridgehead atoms. The molecule has 1 unspecified atom stereocenters. The van der Waals surface area contributed by atoms with Gasteiger partial charge < -0.3 is 10.0 Å². The van der Waals surface area contributed by atoms with Crippen molar-refractivity contribution < 1.29 is 14.7 Å². The molecular weight excluding hydrogens is 322 g/mol. The quantitative estimate of drug-likeness (QED) is 0.927. The van der Waals surface area contributed by atoms with E-state index in [4.69, 9.17) is 5.11 Å². The number of thioether (sulfide) groups is 1. The van der Waals surface area contributed by atoms with Crippen LogP contribution in [0.2, 0.25) is 0 Å². The van der Waals surface area contributed by atoms with Gasteiger partial charge in [-0.2, -0.15) is 11.8 Å². The molecule has 0 aromatic heterocycles. The Morgan fingerprint density at radius 1 is 1.12 bits per heavy atom. The van der Waals surface area contributed by atoms with Crippen LogP contribution in [0, 0.1) is 0 Å². The van der Waals surface area contributed by atoms with Gasteiger partial charge in [0.05, 0.1) is 18.0 Å². The zero-order valence-electron chi connectivity index (χ0n) is 13.2. The van der Waals surface area contributed by atoms with E-state index in [1.807, 2.05) is 34.9 Å². The Balaban J connectivity index is 1.77. The number of hydrogen-bond donors (Lipinski definition) is 1. The summed E-state index contributed by atoms with van der Waals surface area (Å²) in [6, 6.07) is 16.8. The van der Waals surface area contributed by atoms with Crippen molar-refractivity contribution >= 4 is 23.6 Å². The molecule has 4 nitrogen and oxygen atoms in total. The van der Waals surface area contributed by atoms with Gasteiger partial charge in [0.25, 0.3) is 0 Å². The van der Waals surface area contributed by atoms with Gasteiger partial charge in [0.2, 0.25) is 5.91 Å². The lowest BCUT2D eigenvalue weighted by Crippen LogP contribution is -2.41. The van der Waals surface area contributed by atoms with E-state index in [9.17, 15) is 9.59 Å². The number of hydrogen-bond acceptors (Lipinski definition) is 3. The summed E-state index contributed by atoms with van der Waals surface area (Å²) in [7, 11) is 0. The van der Waals surface area contributed by atoms with Crippen LogP contribution in [0.15, 0.2) is 54.6 Å². The molecule has 1 heterocycles. The topological polar surface area (TPSA) is 57.6 Å². The Hall–Kier alpha value is -2.27. The number of carbonyl (C=O) groups excluding carboxylic acids is 1. The monoisotopic (exact) mass is 341 g/mol. The van der Waals surface area contributed by atoms with Crippen molar-refractivity contribution in [1.82, 2.24) is 4.90 Å². The molecule has 2 aromatic rings. The van der Waals surface area contributed by atoms with Crippen molar-refractivity contribution in [1.29, 1.82) is 0 Å². The van der Waals surface area contributed by atoms with Crippen LogP contribution in [0.1, 0.15) is 27.5 Å². The summed E-state index contributed by atoms with van der Waals surface area (Å²) in [4.78, 5) is 25.8. The number of rotatable bonds is 4. The maximum atomic E-state index is 12.8. The Morgan fingerprint density at radius 3 is 2.67 bits per heavy atom. The van der Waals surface area contributed by atoms with Crippen LogP contribution in [0.4, 0.5) is 0 Å². The lowest BCUT2D eigenvalue weighted by atomic mass is 10.0. The second kappa shape index (κ2) is 7.53. The van der Waals surface area contributed by atoms with Crippen molar-refractivity contribution in [2.75, 3.05) is 18.1 Å². The van der Waals surface area contributed by atoms with Crippen molar-refractivity contribution in [3.05, 3.63) is 71.3 Å². The highest BCUT2D eigenvalue weighted by molar-refractivity contribution is 7.99. The summed E-state index contributed by atoms with van der Waals surface area (Å²) in [5, 5.41) is 9.08. The zero-order valence-corrected chi connectivity index (χ0v) is 14.0. The molecule has 0 radical (unpaired) electrons. The van der Waals surface area contributed by atoms with Gasteiger partial charge in [-0.15, -0.1) is 0 Å². The highest BCUT2D eigenvalue weighted by Gasteiger charge is 2.28. The Kier molecular flexibility index (Phi) is 5.20. The molecule has 5 heteroatoms. The van der Waals surface area contributed by atoms with Gasteiger partial charge in [0.15, 0.2) is 0 Å². The van der Waals surface area contributed by atoms with Crippen LogP contribution in [0.5, 0.6) is 0 Å². The van der Waals surface area contributed by atoms with E-state index in [0.717, 1.165) is 29.2 Å². The van der Waals surface area contributed by atoms with E-state index in [2.05, 4.69) is 12.1 Å². The SMILES string of the molecule is O=C(O)c1cccc(CC(=O)N2CCSCC2c2ccccc2)c1. The second-order valence-corrected chi connectivity index (χ2v) is 6.92. The number of carboxylic acids is 1. The number of aromatic carboxylic acids is 1. The average Bonchev–Trinajstić information content (AvgIpc) is 2.62. The number of carboxylic acid groups (broad SMARTS) is 1. The van der Waals surface area contributed by atoms with Crippen LogP contribution in [0.3, 0.4) is 0 Å². The summed E-state index contributed by atoms with van der Waals surface area (Å²) in [5.41, 5.74) is 2.11. The predicted molar refractivity (Wildman–Crippen MR) is 95.3 cm³/mol. The first kappa shape index (κ1) is 16.6. The summed E-state index contributed by atoms with van der Waals surface area (Å²) in [6.45, 7) is 0.724. The standard InChI is InChI=1S/C19H19NO3S/c21-18(12-14-5-4-8-16(11-14)19(22)23)20-9-10-24-13-17(20)15-6-2-1-3-7-15/h1-8,11,17H,9-10,12-13H2,(H,22,23). The van der Waals surface area contributed by atoms with E-state index in [-0.39, 0.29) is 23.9 Å². The van der Waals surface area contributed by atoms with Crippen molar-refractivity contribution in [3.8, 4) is 0 Å². The van der Waals surface area contributed by atoms with Crippen LogP contribution < -0.4 is 0 Å². The minimum Gasteiger partial charge on any atom is -0.478 e. The molecule has 0 spiro atoms. The van der Waals surface area contributed by atoms with Crippen LogP contribution in [-0.2, 0) is 11.2 Å². The highest BCUT2D eigenvalue weighted by atomic mass is 32.2. The third-order valence-electron chi connectivity index (χ3n) is 4.16. The molecule has 1 aliphatic rings. The summed E-state index contributed by atoms with van der Waals surface area (Å²) in [5.74, 6) is 0.905. The average molecular weight is 341 g/mol. The molecule has 1 atom stereocenters. The molecule has 1 aliphatic heterocycles. The van der Waals surface area contributed by atoms with Crippen molar-refractivity contribution in [2.24, 2.45) is 0 Å². The molecule has 0 aliphatic carbocycles. The molecule has 2 aromatic carbocycles.